The minimum absolute atomic E-state index is 0.917. The molecule has 64 valence electrons. The van der Waals surface area contributed by atoms with Crippen LogP contribution in [0.5, 0.6) is 0 Å². The summed E-state index contributed by atoms with van der Waals surface area (Å²) < 4.78 is 21.1. The van der Waals surface area contributed by atoms with Gasteiger partial charge in [-0.15, -0.1) is 0 Å². The molecule has 7 heteroatoms. The van der Waals surface area contributed by atoms with Crippen molar-refractivity contribution in [1.29, 1.82) is 0 Å². The van der Waals surface area contributed by atoms with E-state index in [0.29, 0.717) is 0 Å². The van der Waals surface area contributed by atoms with Gasteiger partial charge in [-0.25, -0.2) is 8.42 Å². The maximum atomic E-state index is 10.6. The van der Waals surface area contributed by atoms with Crippen molar-refractivity contribution >= 4 is 21.7 Å². The molecule has 0 aliphatic rings. The molecule has 0 spiro atoms. The summed E-state index contributed by atoms with van der Waals surface area (Å²) in [5.41, 5.74) is 4.54. The van der Waals surface area contributed by atoms with Crippen molar-refractivity contribution in [3.05, 3.63) is 0 Å². The van der Waals surface area contributed by atoms with Gasteiger partial charge in [0.25, 0.3) is 0 Å². The first-order valence-electron chi connectivity index (χ1n) is 2.54. The molecule has 0 aromatic carbocycles. The van der Waals surface area contributed by atoms with E-state index >= 15 is 0 Å². The van der Waals surface area contributed by atoms with Crippen LogP contribution in [-0.2, 0) is 19.4 Å². The third kappa shape index (κ3) is 5.34. The van der Waals surface area contributed by atoms with Crippen LogP contribution in [0.2, 0.25) is 0 Å². The number of aliphatic carboxylic acids is 1. The highest BCUT2D eigenvalue weighted by molar-refractivity contribution is 7.92. The lowest BCUT2D eigenvalue weighted by Crippen LogP contribution is -2.27. The standard InChI is InChI=1S/C4H7NO5S/c5-3(6)1-11(9,10)2-4(7)8/h1-2H2,(H2,5,6)(H,7,8). The van der Waals surface area contributed by atoms with E-state index in [9.17, 15) is 18.0 Å². The maximum Gasteiger partial charge on any atom is 0.318 e. The fraction of sp³-hybridized carbons (Fsp3) is 0.500. The number of nitrogens with two attached hydrogens (primary N) is 1. The van der Waals surface area contributed by atoms with Crippen molar-refractivity contribution in [2.75, 3.05) is 11.5 Å². The van der Waals surface area contributed by atoms with Crippen LogP contribution in [0.15, 0.2) is 0 Å². The second-order valence-corrected chi connectivity index (χ2v) is 3.96. The molecule has 0 aliphatic carbocycles. The summed E-state index contributed by atoms with van der Waals surface area (Å²) in [7, 11) is -3.85. The first-order chi connectivity index (χ1) is 4.83. The third-order valence-corrected chi connectivity index (χ3v) is 2.12. The van der Waals surface area contributed by atoms with Crippen LogP contribution in [0.25, 0.3) is 0 Å². The van der Waals surface area contributed by atoms with Crippen molar-refractivity contribution in [3.63, 3.8) is 0 Å². The zero-order valence-corrected chi connectivity index (χ0v) is 6.30. The molecule has 0 heterocycles. The summed E-state index contributed by atoms with van der Waals surface area (Å²) in [5.74, 6) is -4.52. The zero-order chi connectivity index (χ0) is 9.07. The summed E-state index contributed by atoms with van der Waals surface area (Å²) >= 11 is 0. The van der Waals surface area contributed by atoms with Crippen molar-refractivity contribution in [2.45, 2.75) is 0 Å². The van der Waals surface area contributed by atoms with Gasteiger partial charge >= 0.3 is 5.97 Å². The second-order valence-electron chi connectivity index (χ2n) is 1.89. The maximum absolute atomic E-state index is 10.6. The molecule has 0 fully saturated rings. The SMILES string of the molecule is NC(=O)CS(=O)(=O)CC(=O)O. The molecule has 0 aromatic rings. The second kappa shape index (κ2) is 3.33. The third-order valence-electron chi connectivity index (χ3n) is 0.706. The van der Waals surface area contributed by atoms with Gasteiger partial charge in [0.05, 0.1) is 0 Å². The molecule has 0 aliphatic heterocycles. The van der Waals surface area contributed by atoms with Crippen LogP contribution < -0.4 is 5.73 Å². The number of carboxylic acids is 1. The first kappa shape index (κ1) is 9.89. The number of carbonyl (C=O) groups excluding carboxylic acids is 1. The number of amides is 1. The van der Waals surface area contributed by atoms with E-state index < -0.39 is 33.2 Å². The van der Waals surface area contributed by atoms with Crippen molar-refractivity contribution in [3.8, 4) is 0 Å². The van der Waals surface area contributed by atoms with Crippen LogP contribution in [0, 0.1) is 0 Å². The van der Waals surface area contributed by atoms with Crippen molar-refractivity contribution in [1.82, 2.24) is 0 Å². The molecular formula is C4H7NO5S. The first-order valence-corrected chi connectivity index (χ1v) is 4.36. The number of hydrogen-bond acceptors (Lipinski definition) is 4. The van der Waals surface area contributed by atoms with E-state index in [4.69, 9.17) is 5.11 Å². The molecule has 0 saturated heterocycles. The lowest BCUT2D eigenvalue weighted by atomic mass is 10.8. The minimum atomic E-state index is -3.85. The van der Waals surface area contributed by atoms with Gasteiger partial charge in [-0.3, -0.25) is 9.59 Å². The molecule has 3 N–H and O–H groups in total. The predicted octanol–water partition coefficient (Wildman–Crippen LogP) is -2.03. The fourth-order valence-corrected chi connectivity index (χ4v) is 1.37. The van der Waals surface area contributed by atoms with Gasteiger partial charge < -0.3 is 10.8 Å². The molecule has 1 amide bonds. The normalized spacial score (nSPS) is 10.9. The van der Waals surface area contributed by atoms with E-state index in [1.54, 1.807) is 0 Å². The Kier molecular flexibility index (Phi) is 2.99. The Morgan fingerprint density at radius 2 is 1.73 bits per heavy atom. The molecule has 6 nitrogen and oxygen atoms in total. The molecule has 0 bridgehead atoms. The molecule has 0 saturated carbocycles. The summed E-state index contributed by atoms with van der Waals surface area (Å²) in [6.07, 6.45) is 0. The van der Waals surface area contributed by atoms with Gasteiger partial charge in [0.1, 0.15) is 11.5 Å². The molecule has 11 heavy (non-hydrogen) atoms. The zero-order valence-electron chi connectivity index (χ0n) is 5.48. The highest BCUT2D eigenvalue weighted by atomic mass is 32.2. The van der Waals surface area contributed by atoms with Gasteiger partial charge in [-0.2, -0.15) is 0 Å². The highest BCUT2D eigenvalue weighted by Gasteiger charge is 2.18. The number of sulfone groups is 1. The Bertz CT molecular complexity index is 244. The van der Waals surface area contributed by atoms with Crippen LogP contribution in [0.1, 0.15) is 0 Å². The Balaban J connectivity index is 4.25. The van der Waals surface area contributed by atoms with Gasteiger partial charge in [-0.1, -0.05) is 0 Å². The Hall–Kier alpha value is -1.11. The number of carbonyl (C=O) groups is 2. The lowest BCUT2D eigenvalue weighted by Gasteiger charge is -1.95. The topological polar surface area (TPSA) is 115 Å². The molecular weight excluding hydrogens is 174 g/mol. The predicted molar refractivity (Wildman–Crippen MR) is 35.5 cm³/mol. The van der Waals surface area contributed by atoms with Gasteiger partial charge in [0, 0.05) is 0 Å². The van der Waals surface area contributed by atoms with Crippen LogP contribution in [0.3, 0.4) is 0 Å². The Labute approximate surface area is 62.9 Å². The van der Waals surface area contributed by atoms with Crippen molar-refractivity contribution in [2.24, 2.45) is 5.73 Å². The van der Waals surface area contributed by atoms with E-state index in [0.717, 1.165) is 0 Å². The van der Waals surface area contributed by atoms with Crippen LogP contribution in [-0.4, -0.2) is 36.9 Å². The van der Waals surface area contributed by atoms with E-state index in [2.05, 4.69) is 5.73 Å². The lowest BCUT2D eigenvalue weighted by molar-refractivity contribution is -0.134. The van der Waals surface area contributed by atoms with Gasteiger partial charge in [0.15, 0.2) is 9.84 Å². The molecule has 0 unspecified atom stereocenters. The Morgan fingerprint density at radius 3 is 2.00 bits per heavy atom. The van der Waals surface area contributed by atoms with Gasteiger partial charge in [-0.05, 0) is 0 Å². The number of primary amides is 1. The molecule has 0 atom stereocenters. The van der Waals surface area contributed by atoms with Crippen molar-refractivity contribution < 1.29 is 23.1 Å². The quantitative estimate of drug-likeness (QED) is 0.519. The summed E-state index contributed by atoms with van der Waals surface area (Å²) in [6.45, 7) is 0. The van der Waals surface area contributed by atoms with Gasteiger partial charge in [0.2, 0.25) is 5.91 Å². The average Bonchev–Trinajstić information content (AvgIpc) is 1.53. The van der Waals surface area contributed by atoms with Crippen LogP contribution in [0.4, 0.5) is 0 Å². The number of hydrogen-bond donors (Lipinski definition) is 2. The average molecular weight is 181 g/mol. The highest BCUT2D eigenvalue weighted by Crippen LogP contribution is 1.88. The summed E-state index contributed by atoms with van der Waals surface area (Å²) in [6, 6.07) is 0. The molecule has 0 radical (unpaired) electrons. The summed E-state index contributed by atoms with van der Waals surface area (Å²) in [4.78, 5) is 19.9. The van der Waals surface area contributed by atoms with E-state index in [1.807, 2.05) is 0 Å². The fourth-order valence-electron chi connectivity index (χ4n) is 0.456. The monoisotopic (exact) mass is 181 g/mol. The number of rotatable bonds is 4. The van der Waals surface area contributed by atoms with Crippen LogP contribution >= 0.6 is 0 Å². The summed E-state index contributed by atoms with van der Waals surface area (Å²) in [5, 5.41) is 8.03. The largest absolute Gasteiger partial charge is 0.480 e. The Morgan fingerprint density at radius 1 is 1.27 bits per heavy atom. The number of carboxylic acid groups (broad SMARTS) is 1. The van der Waals surface area contributed by atoms with E-state index in [1.165, 1.54) is 0 Å². The smallest absolute Gasteiger partial charge is 0.318 e. The molecule has 0 rings (SSSR count). The minimum Gasteiger partial charge on any atom is -0.480 e. The molecule has 0 aromatic heterocycles. The van der Waals surface area contributed by atoms with E-state index in [-0.39, 0.29) is 0 Å².